The molecule has 0 heterocycles. The zero-order valence-electron chi connectivity index (χ0n) is 13.6. The van der Waals surface area contributed by atoms with E-state index in [4.69, 9.17) is 9.47 Å². The van der Waals surface area contributed by atoms with Gasteiger partial charge in [-0.1, -0.05) is 28.1 Å². The minimum atomic E-state index is -0.299. The molecule has 24 heavy (non-hydrogen) atoms. The number of carbonyl (C=O) groups excluding carboxylic acids is 1. The fraction of sp³-hybridized carbons (Fsp3) is 0.222. The van der Waals surface area contributed by atoms with Crippen LogP contribution in [0, 0.1) is 0 Å². The van der Waals surface area contributed by atoms with Gasteiger partial charge in [0, 0.05) is 16.6 Å². The molecule has 6 heteroatoms. The maximum absolute atomic E-state index is 11.8. The highest BCUT2D eigenvalue weighted by atomic mass is 79.9. The Morgan fingerprint density at radius 2 is 1.71 bits per heavy atom. The van der Waals surface area contributed by atoms with Gasteiger partial charge in [0.05, 0.1) is 7.11 Å². The predicted molar refractivity (Wildman–Crippen MR) is 97.6 cm³/mol. The van der Waals surface area contributed by atoms with Crippen LogP contribution in [0.15, 0.2) is 58.1 Å². The molecule has 0 bridgehead atoms. The second-order valence-corrected chi connectivity index (χ2v) is 6.07. The maximum Gasteiger partial charge on any atom is 0.277 e. The molecule has 2 aromatic carbocycles. The number of hydrogen-bond donors (Lipinski definition) is 1. The van der Waals surface area contributed by atoms with Gasteiger partial charge in [0.25, 0.3) is 5.91 Å². The van der Waals surface area contributed by atoms with Gasteiger partial charge in [0.15, 0.2) is 6.61 Å². The number of amides is 1. The van der Waals surface area contributed by atoms with E-state index < -0.39 is 0 Å². The molecular weight excluding hydrogens is 372 g/mol. The summed E-state index contributed by atoms with van der Waals surface area (Å²) in [6.07, 6.45) is 0.651. The van der Waals surface area contributed by atoms with Crippen LogP contribution in [-0.2, 0) is 11.2 Å². The summed E-state index contributed by atoms with van der Waals surface area (Å²) in [5, 5.41) is 4.09. The zero-order chi connectivity index (χ0) is 17.4. The standard InChI is InChI=1S/C18H19BrN2O3/c1-13(11-14-3-7-16(23-2)8-4-14)20-21-18(22)12-24-17-9-5-15(19)6-10-17/h3-10H,11-12H2,1-2H3,(H,21,22)/b20-13-. The number of nitrogens with zero attached hydrogens (tertiary/aromatic N) is 1. The van der Waals surface area contributed by atoms with Gasteiger partial charge in [-0.05, 0) is 48.9 Å². The van der Waals surface area contributed by atoms with Gasteiger partial charge in [-0.15, -0.1) is 0 Å². The van der Waals surface area contributed by atoms with Crippen LogP contribution in [0.3, 0.4) is 0 Å². The number of hydrogen-bond acceptors (Lipinski definition) is 4. The van der Waals surface area contributed by atoms with Crippen molar-refractivity contribution in [3.63, 3.8) is 0 Å². The van der Waals surface area contributed by atoms with Crippen LogP contribution in [0.5, 0.6) is 11.5 Å². The van der Waals surface area contributed by atoms with E-state index in [0.29, 0.717) is 12.2 Å². The summed E-state index contributed by atoms with van der Waals surface area (Å²) in [4.78, 5) is 11.8. The normalized spacial score (nSPS) is 11.0. The summed E-state index contributed by atoms with van der Waals surface area (Å²) in [7, 11) is 1.63. The number of rotatable bonds is 7. The number of ether oxygens (including phenoxy) is 2. The van der Waals surface area contributed by atoms with Gasteiger partial charge < -0.3 is 9.47 Å². The third-order valence-electron chi connectivity index (χ3n) is 3.17. The molecule has 126 valence electrons. The molecule has 0 radical (unpaired) electrons. The van der Waals surface area contributed by atoms with Crippen molar-refractivity contribution < 1.29 is 14.3 Å². The fourth-order valence-electron chi connectivity index (χ4n) is 1.95. The van der Waals surface area contributed by atoms with E-state index in [2.05, 4.69) is 26.5 Å². The molecule has 0 spiro atoms. The number of halogens is 1. The number of benzene rings is 2. The molecular formula is C18H19BrN2O3. The molecule has 1 amide bonds. The van der Waals surface area contributed by atoms with E-state index in [9.17, 15) is 4.79 Å². The van der Waals surface area contributed by atoms with Crippen molar-refractivity contribution in [3.05, 3.63) is 58.6 Å². The van der Waals surface area contributed by atoms with Crippen LogP contribution in [0.2, 0.25) is 0 Å². The van der Waals surface area contributed by atoms with Crippen molar-refractivity contribution in [1.29, 1.82) is 0 Å². The first-order chi connectivity index (χ1) is 11.6. The van der Waals surface area contributed by atoms with E-state index in [-0.39, 0.29) is 12.5 Å². The number of hydrazone groups is 1. The third-order valence-corrected chi connectivity index (χ3v) is 3.70. The van der Waals surface area contributed by atoms with Crippen molar-refractivity contribution in [2.45, 2.75) is 13.3 Å². The summed E-state index contributed by atoms with van der Waals surface area (Å²) in [6, 6.07) is 15.0. The minimum absolute atomic E-state index is 0.0824. The topological polar surface area (TPSA) is 59.9 Å². The third kappa shape index (κ3) is 6.04. The SMILES string of the molecule is COc1ccc(C/C(C)=N\NC(=O)COc2ccc(Br)cc2)cc1. The minimum Gasteiger partial charge on any atom is -0.497 e. The predicted octanol–water partition coefficient (Wildman–Crippen LogP) is 3.57. The summed E-state index contributed by atoms with van der Waals surface area (Å²) in [5.41, 5.74) is 4.39. The maximum atomic E-state index is 11.8. The molecule has 0 fully saturated rings. The van der Waals surface area contributed by atoms with Crippen LogP contribution in [0.4, 0.5) is 0 Å². The van der Waals surface area contributed by atoms with E-state index in [1.165, 1.54) is 0 Å². The summed E-state index contributed by atoms with van der Waals surface area (Å²) < 4.78 is 11.5. The molecule has 0 aliphatic rings. The van der Waals surface area contributed by atoms with Crippen LogP contribution in [-0.4, -0.2) is 25.3 Å². The van der Waals surface area contributed by atoms with Crippen LogP contribution >= 0.6 is 15.9 Å². The van der Waals surface area contributed by atoms with Gasteiger partial charge in [-0.3, -0.25) is 4.79 Å². The highest BCUT2D eigenvalue weighted by molar-refractivity contribution is 9.10. The van der Waals surface area contributed by atoms with E-state index in [1.54, 1.807) is 19.2 Å². The highest BCUT2D eigenvalue weighted by Gasteiger charge is 2.03. The molecule has 0 atom stereocenters. The van der Waals surface area contributed by atoms with Crippen molar-refractivity contribution in [2.75, 3.05) is 13.7 Å². The Morgan fingerprint density at radius 3 is 2.33 bits per heavy atom. The quantitative estimate of drug-likeness (QED) is 0.580. The Morgan fingerprint density at radius 1 is 1.08 bits per heavy atom. The molecule has 0 aliphatic carbocycles. The monoisotopic (exact) mass is 390 g/mol. The molecule has 2 aromatic rings. The van der Waals surface area contributed by atoms with Gasteiger partial charge in [-0.2, -0.15) is 5.10 Å². The van der Waals surface area contributed by atoms with Crippen molar-refractivity contribution in [1.82, 2.24) is 5.43 Å². The molecule has 5 nitrogen and oxygen atoms in total. The fourth-order valence-corrected chi connectivity index (χ4v) is 2.21. The van der Waals surface area contributed by atoms with Crippen molar-refractivity contribution >= 4 is 27.5 Å². The van der Waals surface area contributed by atoms with Gasteiger partial charge in [0.1, 0.15) is 11.5 Å². The Hall–Kier alpha value is -2.34. The van der Waals surface area contributed by atoms with Crippen LogP contribution in [0.1, 0.15) is 12.5 Å². The second-order valence-electron chi connectivity index (χ2n) is 5.15. The van der Waals surface area contributed by atoms with E-state index in [1.807, 2.05) is 43.3 Å². The Labute approximate surface area is 149 Å². The second kappa shape index (κ2) is 9.08. The Bertz CT molecular complexity index is 697. The molecule has 0 aliphatic heterocycles. The lowest BCUT2D eigenvalue weighted by Gasteiger charge is -2.06. The van der Waals surface area contributed by atoms with Crippen LogP contribution in [0.25, 0.3) is 0 Å². The average molecular weight is 391 g/mol. The van der Waals surface area contributed by atoms with E-state index >= 15 is 0 Å². The smallest absolute Gasteiger partial charge is 0.277 e. The average Bonchev–Trinajstić information content (AvgIpc) is 2.60. The first kappa shape index (κ1) is 18.0. The lowest BCUT2D eigenvalue weighted by Crippen LogP contribution is -2.25. The molecule has 0 saturated heterocycles. The van der Waals surface area contributed by atoms with Gasteiger partial charge >= 0.3 is 0 Å². The zero-order valence-corrected chi connectivity index (χ0v) is 15.2. The molecule has 0 aromatic heterocycles. The Balaban J connectivity index is 1.78. The van der Waals surface area contributed by atoms with E-state index in [0.717, 1.165) is 21.5 Å². The molecule has 0 saturated carbocycles. The first-order valence-corrected chi connectivity index (χ1v) is 8.19. The van der Waals surface area contributed by atoms with Gasteiger partial charge in [0.2, 0.25) is 0 Å². The summed E-state index contributed by atoms with van der Waals surface area (Å²) >= 11 is 3.34. The first-order valence-electron chi connectivity index (χ1n) is 7.40. The van der Waals surface area contributed by atoms with Gasteiger partial charge in [-0.25, -0.2) is 5.43 Å². The largest absolute Gasteiger partial charge is 0.497 e. The number of nitrogens with one attached hydrogen (secondary N) is 1. The van der Waals surface area contributed by atoms with Crippen molar-refractivity contribution in [3.8, 4) is 11.5 Å². The molecule has 0 unspecified atom stereocenters. The molecule has 2 rings (SSSR count). The molecule has 1 N–H and O–H groups in total. The Kier molecular flexibility index (Phi) is 6.81. The van der Waals surface area contributed by atoms with Crippen molar-refractivity contribution in [2.24, 2.45) is 5.10 Å². The lowest BCUT2D eigenvalue weighted by atomic mass is 10.1. The lowest BCUT2D eigenvalue weighted by molar-refractivity contribution is -0.123. The summed E-state index contributed by atoms with van der Waals surface area (Å²) in [6.45, 7) is 1.78. The van der Waals surface area contributed by atoms with Crippen LogP contribution < -0.4 is 14.9 Å². The summed E-state index contributed by atoms with van der Waals surface area (Å²) in [5.74, 6) is 1.14. The number of carbonyl (C=O) groups is 1. The number of methoxy groups -OCH3 is 1. The highest BCUT2D eigenvalue weighted by Crippen LogP contribution is 2.15.